The average Bonchev–Trinajstić information content (AvgIpc) is 1.58. The Morgan fingerprint density at radius 3 is 1.01 bits per heavy atom. The summed E-state index contributed by atoms with van der Waals surface area (Å²) in [5, 5.41) is 55.1. The molecule has 9 heteroatoms. The molecule has 1 amide bonds. The van der Waals surface area contributed by atoms with Crippen molar-refractivity contribution in [3.63, 3.8) is 0 Å². The van der Waals surface area contributed by atoms with E-state index in [0.717, 1.165) is 64.2 Å². The fourth-order valence-electron chi connectivity index (χ4n) is 13.2. The van der Waals surface area contributed by atoms with Gasteiger partial charge in [-0.25, -0.2) is 0 Å². The highest BCUT2D eigenvalue weighted by atomic mass is 16.7. The lowest BCUT2D eigenvalue weighted by atomic mass is 9.99. The number of rotatable bonds is 72. The minimum Gasteiger partial charge on any atom is -0.394 e. The Bertz CT molecular complexity index is 1580. The number of ether oxygens (including phenoxy) is 2. The van der Waals surface area contributed by atoms with Crippen molar-refractivity contribution in [1.29, 1.82) is 0 Å². The Labute approximate surface area is 564 Å². The van der Waals surface area contributed by atoms with Gasteiger partial charge in [-0.2, -0.15) is 0 Å². The van der Waals surface area contributed by atoms with Crippen LogP contribution in [0.25, 0.3) is 0 Å². The Morgan fingerprint density at radius 2 is 0.681 bits per heavy atom. The summed E-state index contributed by atoms with van der Waals surface area (Å²) in [4.78, 5) is 13.2. The van der Waals surface area contributed by atoms with E-state index in [1.165, 1.54) is 321 Å². The second-order valence-electron chi connectivity index (χ2n) is 28.2. The van der Waals surface area contributed by atoms with Gasteiger partial charge in [-0.3, -0.25) is 4.79 Å². The van der Waals surface area contributed by atoms with Gasteiger partial charge in [-0.05, 0) is 51.4 Å². The van der Waals surface area contributed by atoms with Gasteiger partial charge in [-0.1, -0.05) is 403 Å². The van der Waals surface area contributed by atoms with E-state index >= 15 is 0 Å². The number of aliphatic hydroxyl groups is 5. The van der Waals surface area contributed by atoms with E-state index in [2.05, 4.69) is 67.8 Å². The lowest BCUT2D eigenvalue weighted by molar-refractivity contribution is -0.302. The normalized spacial score (nSPS) is 17.9. The first kappa shape index (κ1) is 87.2. The number of carbonyl (C=O) groups is 1. The van der Waals surface area contributed by atoms with Crippen molar-refractivity contribution in [3.8, 4) is 0 Å². The van der Waals surface area contributed by atoms with Gasteiger partial charge >= 0.3 is 0 Å². The second kappa shape index (κ2) is 70.9. The van der Waals surface area contributed by atoms with Crippen LogP contribution in [0, 0.1) is 0 Å². The molecule has 536 valence electrons. The van der Waals surface area contributed by atoms with Crippen LogP contribution in [0.3, 0.4) is 0 Å². The van der Waals surface area contributed by atoms with E-state index in [4.69, 9.17) is 9.47 Å². The average molecular weight is 1280 g/mol. The minimum absolute atomic E-state index is 0.134. The van der Waals surface area contributed by atoms with Crippen molar-refractivity contribution >= 4 is 5.91 Å². The first-order valence-electron chi connectivity index (χ1n) is 40.3. The van der Waals surface area contributed by atoms with Crippen LogP contribution in [-0.4, -0.2) is 87.5 Å². The van der Waals surface area contributed by atoms with Crippen LogP contribution in [0.4, 0.5) is 0 Å². The van der Waals surface area contributed by atoms with Crippen molar-refractivity contribution in [2.24, 2.45) is 0 Å². The maximum Gasteiger partial charge on any atom is 0.220 e. The van der Waals surface area contributed by atoms with Gasteiger partial charge in [0.05, 0.1) is 25.4 Å². The topological polar surface area (TPSA) is 149 Å². The molecule has 9 nitrogen and oxygen atoms in total. The summed E-state index contributed by atoms with van der Waals surface area (Å²) in [7, 11) is 0. The molecular weight excluding hydrogens is 1130 g/mol. The van der Waals surface area contributed by atoms with Crippen molar-refractivity contribution < 1.29 is 39.8 Å². The smallest absolute Gasteiger partial charge is 0.220 e. The number of nitrogens with one attached hydrogen (secondary N) is 1. The van der Waals surface area contributed by atoms with Gasteiger partial charge in [0.25, 0.3) is 0 Å². The fraction of sp³-hybridized carbons (Fsp3) is 0.890. The molecule has 1 fully saturated rings. The molecule has 0 saturated carbocycles. The van der Waals surface area contributed by atoms with E-state index in [1.54, 1.807) is 0 Å². The summed E-state index contributed by atoms with van der Waals surface area (Å²) >= 11 is 0. The van der Waals surface area contributed by atoms with Gasteiger partial charge < -0.3 is 40.3 Å². The Balaban J connectivity index is 2.04. The molecule has 0 aromatic heterocycles. The van der Waals surface area contributed by atoms with Gasteiger partial charge in [0.15, 0.2) is 6.29 Å². The first-order valence-corrected chi connectivity index (χ1v) is 40.3. The minimum atomic E-state index is -1.55. The standard InChI is InChI=1S/C82H155NO8/c1-3-5-7-9-11-13-15-17-19-21-23-25-27-29-31-33-35-37-38-40-42-44-46-48-50-52-54-56-58-60-62-64-66-68-70-72-78(86)83-75(74-90-82-81(89)80(88)79(87)77(73-84)91-82)76(85)71-69-67-65-63-61-59-57-55-53-51-49-47-45-43-41-39-36-34-32-30-28-26-24-22-20-18-16-14-12-10-8-6-4-2/h5,7,11,13,17,19,23,25,75-77,79-82,84-85,87-89H,3-4,6,8-10,12,14-16,18,20-22,24,26-74H2,1-2H3,(H,83,86)/b7-5-,13-11-,19-17-,25-23-. The number of carbonyl (C=O) groups excluding carboxylic acids is 1. The van der Waals surface area contributed by atoms with Gasteiger partial charge in [0, 0.05) is 6.42 Å². The molecule has 0 radical (unpaired) electrons. The molecule has 0 spiro atoms. The third kappa shape index (κ3) is 59.2. The van der Waals surface area contributed by atoms with Crippen LogP contribution >= 0.6 is 0 Å². The van der Waals surface area contributed by atoms with E-state index in [1.807, 2.05) is 0 Å². The number of aliphatic hydroxyl groups excluding tert-OH is 5. The highest BCUT2D eigenvalue weighted by Gasteiger charge is 2.44. The predicted molar refractivity (Wildman–Crippen MR) is 392 cm³/mol. The van der Waals surface area contributed by atoms with E-state index < -0.39 is 49.5 Å². The van der Waals surface area contributed by atoms with Crippen molar-refractivity contribution in [1.82, 2.24) is 5.32 Å². The van der Waals surface area contributed by atoms with E-state index in [9.17, 15) is 30.3 Å². The first-order chi connectivity index (χ1) is 44.8. The van der Waals surface area contributed by atoms with Gasteiger partial charge in [-0.15, -0.1) is 0 Å². The molecule has 0 bridgehead atoms. The largest absolute Gasteiger partial charge is 0.394 e. The quantitative estimate of drug-likeness (QED) is 0.0261. The van der Waals surface area contributed by atoms with Crippen LogP contribution in [0.5, 0.6) is 0 Å². The molecule has 0 aromatic rings. The Morgan fingerprint density at radius 1 is 0.385 bits per heavy atom. The lowest BCUT2D eigenvalue weighted by Crippen LogP contribution is -2.60. The third-order valence-corrected chi connectivity index (χ3v) is 19.4. The fourth-order valence-corrected chi connectivity index (χ4v) is 13.2. The Kier molecular flexibility index (Phi) is 67.9. The van der Waals surface area contributed by atoms with E-state index in [0.29, 0.717) is 12.8 Å². The molecule has 1 rings (SSSR count). The molecule has 0 aliphatic carbocycles. The van der Waals surface area contributed by atoms with Crippen LogP contribution in [-0.2, 0) is 14.3 Å². The molecule has 7 unspecified atom stereocenters. The zero-order valence-electron chi connectivity index (χ0n) is 60.4. The Hall–Kier alpha value is -1.85. The summed E-state index contributed by atoms with van der Waals surface area (Å²) in [6, 6.07) is -0.720. The number of hydrogen-bond donors (Lipinski definition) is 6. The summed E-state index contributed by atoms with van der Waals surface area (Å²) in [5.41, 5.74) is 0. The summed E-state index contributed by atoms with van der Waals surface area (Å²) in [6.45, 7) is 3.79. The highest BCUT2D eigenvalue weighted by molar-refractivity contribution is 5.76. The van der Waals surface area contributed by atoms with Crippen LogP contribution in [0.2, 0.25) is 0 Å². The predicted octanol–water partition coefficient (Wildman–Crippen LogP) is 23.1. The molecule has 0 aromatic carbocycles. The van der Waals surface area contributed by atoms with E-state index in [-0.39, 0.29) is 12.5 Å². The maximum absolute atomic E-state index is 13.2. The van der Waals surface area contributed by atoms with Gasteiger partial charge in [0.2, 0.25) is 5.91 Å². The lowest BCUT2D eigenvalue weighted by Gasteiger charge is -2.40. The molecule has 7 atom stereocenters. The van der Waals surface area contributed by atoms with Crippen molar-refractivity contribution in [2.75, 3.05) is 13.2 Å². The van der Waals surface area contributed by atoms with Gasteiger partial charge in [0.1, 0.15) is 24.4 Å². The molecule has 1 aliphatic rings. The third-order valence-electron chi connectivity index (χ3n) is 19.4. The van der Waals surface area contributed by atoms with Crippen molar-refractivity contribution in [2.45, 2.75) is 455 Å². The summed E-state index contributed by atoms with van der Waals surface area (Å²) in [5.74, 6) is -0.135. The van der Waals surface area contributed by atoms with Crippen LogP contribution < -0.4 is 5.32 Å². The maximum atomic E-state index is 13.2. The second-order valence-corrected chi connectivity index (χ2v) is 28.2. The highest BCUT2D eigenvalue weighted by Crippen LogP contribution is 2.24. The molecule has 1 aliphatic heterocycles. The zero-order valence-corrected chi connectivity index (χ0v) is 60.4. The number of allylic oxidation sites excluding steroid dienone is 8. The zero-order chi connectivity index (χ0) is 65.7. The van der Waals surface area contributed by atoms with Crippen LogP contribution in [0.15, 0.2) is 48.6 Å². The van der Waals surface area contributed by atoms with Crippen molar-refractivity contribution in [3.05, 3.63) is 48.6 Å². The van der Waals surface area contributed by atoms with Crippen LogP contribution in [0.1, 0.15) is 412 Å². The number of hydrogen-bond acceptors (Lipinski definition) is 8. The molecule has 1 heterocycles. The SMILES string of the molecule is CC/C=C\C/C=C\C/C=C\C/C=C\CCCCCCCCCCCCCCCCCCCCCCCCC(=O)NC(COC1OC(CO)C(O)C(O)C1O)C(O)CCCCCCCCCCCCCCCCCCCCCCCCCCCCCCCCCCC. The summed E-state index contributed by atoms with van der Waals surface area (Å²) < 4.78 is 11.4. The molecule has 91 heavy (non-hydrogen) atoms. The summed E-state index contributed by atoms with van der Waals surface area (Å²) in [6.07, 6.45) is 90.8. The number of amides is 1. The monoisotopic (exact) mass is 1280 g/mol. The number of unbranched alkanes of at least 4 members (excludes halogenated alkanes) is 54. The molecule has 6 N–H and O–H groups in total. The molecule has 1 saturated heterocycles. The molecular formula is C82H155NO8.